The largest absolute Gasteiger partial charge is 0.369 e. The number of nitrogens with two attached hydrogens (primary N) is 1. The number of rotatable bonds is 3. The number of benzene rings is 2. The highest BCUT2D eigenvalue weighted by Gasteiger charge is 2.16. The number of aromatic nitrogens is 2. The van der Waals surface area contributed by atoms with Crippen LogP contribution in [-0.4, -0.2) is 15.3 Å². The normalized spacial score (nSPS) is 10.5. The molecular weight excluding hydrogens is 286 g/mol. The third-order valence-corrected chi connectivity index (χ3v) is 3.40. The fourth-order valence-corrected chi connectivity index (χ4v) is 2.34. The minimum atomic E-state index is -0.110. The zero-order valence-corrected chi connectivity index (χ0v) is 11.8. The molecule has 0 fully saturated rings. The summed E-state index contributed by atoms with van der Waals surface area (Å²) in [7, 11) is 0. The predicted molar refractivity (Wildman–Crippen MR) is 82.9 cm³/mol. The van der Waals surface area contributed by atoms with Gasteiger partial charge in [0.2, 0.25) is 5.95 Å². The van der Waals surface area contributed by atoms with Crippen LogP contribution in [0.25, 0.3) is 5.69 Å². The molecule has 3 aromatic rings. The van der Waals surface area contributed by atoms with E-state index in [1.54, 1.807) is 47.3 Å². The van der Waals surface area contributed by atoms with Gasteiger partial charge in [0.25, 0.3) is 0 Å². The van der Waals surface area contributed by atoms with Crippen LogP contribution in [0.5, 0.6) is 0 Å². The van der Waals surface area contributed by atoms with Gasteiger partial charge in [-0.3, -0.25) is 9.36 Å². The second-order valence-corrected chi connectivity index (χ2v) is 4.95. The van der Waals surface area contributed by atoms with E-state index in [2.05, 4.69) is 4.98 Å². The van der Waals surface area contributed by atoms with E-state index in [9.17, 15) is 4.79 Å². The van der Waals surface area contributed by atoms with Crippen molar-refractivity contribution in [1.29, 1.82) is 0 Å². The Kier molecular flexibility index (Phi) is 3.46. The van der Waals surface area contributed by atoms with Crippen LogP contribution >= 0.6 is 11.6 Å². The van der Waals surface area contributed by atoms with Gasteiger partial charge in [-0.2, -0.15) is 0 Å². The fourth-order valence-electron chi connectivity index (χ4n) is 2.16. The summed E-state index contributed by atoms with van der Waals surface area (Å²) in [5.74, 6) is 0.209. The van der Waals surface area contributed by atoms with Gasteiger partial charge in [0.15, 0.2) is 5.78 Å². The maximum Gasteiger partial charge on any atom is 0.204 e. The monoisotopic (exact) mass is 297 g/mol. The Bertz CT molecular complexity index is 796. The summed E-state index contributed by atoms with van der Waals surface area (Å²) in [6.07, 6.45) is 3.29. The van der Waals surface area contributed by atoms with Crippen molar-refractivity contribution < 1.29 is 4.79 Å². The van der Waals surface area contributed by atoms with Crippen molar-refractivity contribution in [3.05, 3.63) is 77.1 Å². The van der Waals surface area contributed by atoms with Crippen LogP contribution in [0.1, 0.15) is 15.9 Å². The lowest BCUT2D eigenvalue weighted by molar-refractivity contribution is 0.103. The predicted octanol–water partition coefficient (Wildman–Crippen LogP) is 3.34. The van der Waals surface area contributed by atoms with Gasteiger partial charge in [-0.15, -0.1) is 0 Å². The Morgan fingerprint density at radius 2 is 1.90 bits per heavy atom. The summed E-state index contributed by atoms with van der Waals surface area (Å²) in [6, 6.07) is 14.2. The Hall–Kier alpha value is -2.59. The third-order valence-electron chi connectivity index (χ3n) is 3.17. The standard InChI is InChI=1S/C16H12ClN3O/c17-12-6-7-14(20-9-8-19-16(20)18)13(10-12)15(21)11-4-2-1-3-5-11/h1-10H,(H2,18,19). The first-order valence-corrected chi connectivity index (χ1v) is 6.73. The van der Waals surface area contributed by atoms with Crippen LogP contribution in [-0.2, 0) is 0 Å². The van der Waals surface area contributed by atoms with Crippen LogP contribution in [0.4, 0.5) is 5.95 Å². The number of nitrogens with zero attached hydrogens (tertiary/aromatic N) is 2. The van der Waals surface area contributed by atoms with Crippen LogP contribution < -0.4 is 5.73 Å². The molecule has 2 aromatic carbocycles. The average molecular weight is 298 g/mol. The first-order valence-electron chi connectivity index (χ1n) is 6.35. The maximum absolute atomic E-state index is 12.7. The van der Waals surface area contributed by atoms with Gasteiger partial charge in [0.1, 0.15) is 0 Å². The van der Waals surface area contributed by atoms with E-state index in [1.165, 1.54) is 0 Å². The van der Waals surface area contributed by atoms with Crippen LogP contribution in [0.3, 0.4) is 0 Å². The zero-order valence-electron chi connectivity index (χ0n) is 11.0. The quantitative estimate of drug-likeness (QED) is 0.754. The van der Waals surface area contributed by atoms with E-state index < -0.39 is 0 Å². The number of carbonyl (C=O) groups is 1. The van der Waals surface area contributed by atoms with E-state index in [0.29, 0.717) is 27.8 Å². The molecule has 1 heterocycles. The van der Waals surface area contributed by atoms with E-state index in [4.69, 9.17) is 17.3 Å². The molecule has 0 aliphatic heterocycles. The van der Waals surface area contributed by atoms with Gasteiger partial charge in [-0.05, 0) is 18.2 Å². The van der Waals surface area contributed by atoms with Crippen molar-refractivity contribution in [2.75, 3.05) is 5.73 Å². The SMILES string of the molecule is Nc1nccn1-c1ccc(Cl)cc1C(=O)c1ccccc1. The number of anilines is 1. The first-order chi connectivity index (χ1) is 10.2. The number of halogens is 1. The van der Waals surface area contributed by atoms with Crippen LogP contribution in [0.15, 0.2) is 60.9 Å². The van der Waals surface area contributed by atoms with E-state index in [1.807, 2.05) is 18.2 Å². The highest BCUT2D eigenvalue weighted by molar-refractivity contribution is 6.31. The molecule has 0 unspecified atom stereocenters. The average Bonchev–Trinajstić information content (AvgIpc) is 2.93. The van der Waals surface area contributed by atoms with E-state index in [0.717, 1.165) is 0 Å². The molecule has 104 valence electrons. The number of hydrogen-bond donors (Lipinski definition) is 1. The summed E-state index contributed by atoms with van der Waals surface area (Å²) in [5, 5.41) is 0.497. The summed E-state index contributed by atoms with van der Waals surface area (Å²) < 4.78 is 1.66. The molecule has 0 aliphatic carbocycles. The Balaban J connectivity index is 2.16. The molecule has 0 bridgehead atoms. The Morgan fingerprint density at radius 3 is 2.57 bits per heavy atom. The Morgan fingerprint density at radius 1 is 1.14 bits per heavy atom. The first kappa shape index (κ1) is 13.4. The summed E-state index contributed by atoms with van der Waals surface area (Å²) in [4.78, 5) is 16.7. The molecule has 0 aliphatic rings. The molecule has 0 saturated carbocycles. The smallest absolute Gasteiger partial charge is 0.204 e. The van der Waals surface area contributed by atoms with E-state index >= 15 is 0 Å². The highest BCUT2D eigenvalue weighted by atomic mass is 35.5. The number of ketones is 1. The van der Waals surface area contributed by atoms with Gasteiger partial charge in [0.05, 0.1) is 5.69 Å². The summed E-state index contributed by atoms with van der Waals surface area (Å²) >= 11 is 6.04. The van der Waals surface area contributed by atoms with Crippen molar-refractivity contribution in [2.24, 2.45) is 0 Å². The number of nitrogen functional groups attached to an aromatic ring is 1. The fraction of sp³-hybridized carbons (Fsp3) is 0. The lowest BCUT2D eigenvalue weighted by Crippen LogP contribution is -2.09. The van der Waals surface area contributed by atoms with Gasteiger partial charge in [-0.25, -0.2) is 4.98 Å². The minimum Gasteiger partial charge on any atom is -0.369 e. The second-order valence-electron chi connectivity index (χ2n) is 4.51. The molecule has 4 nitrogen and oxygen atoms in total. The molecule has 5 heteroatoms. The molecule has 1 aromatic heterocycles. The molecule has 0 radical (unpaired) electrons. The number of hydrogen-bond acceptors (Lipinski definition) is 3. The van der Waals surface area contributed by atoms with Crippen molar-refractivity contribution in [1.82, 2.24) is 9.55 Å². The Labute approximate surface area is 126 Å². The molecule has 3 rings (SSSR count). The topological polar surface area (TPSA) is 60.9 Å². The van der Waals surface area contributed by atoms with Crippen molar-refractivity contribution >= 4 is 23.3 Å². The van der Waals surface area contributed by atoms with Crippen LogP contribution in [0, 0.1) is 0 Å². The molecular formula is C16H12ClN3O. The minimum absolute atomic E-state index is 0.110. The lowest BCUT2D eigenvalue weighted by Gasteiger charge is -2.11. The molecule has 21 heavy (non-hydrogen) atoms. The van der Waals surface area contributed by atoms with Gasteiger partial charge in [0, 0.05) is 28.5 Å². The molecule has 0 saturated heterocycles. The second kappa shape index (κ2) is 5.42. The van der Waals surface area contributed by atoms with E-state index in [-0.39, 0.29) is 5.78 Å². The third kappa shape index (κ3) is 2.53. The number of imidazole rings is 1. The molecule has 2 N–H and O–H groups in total. The van der Waals surface area contributed by atoms with Crippen LogP contribution in [0.2, 0.25) is 5.02 Å². The van der Waals surface area contributed by atoms with Gasteiger partial charge in [-0.1, -0.05) is 41.9 Å². The number of carbonyl (C=O) groups excluding carboxylic acids is 1. The van der Waals surface area contributed by atoms with Gasteiger partial charge < -0.3 is 5.73 Å². The molecule has 0 atom stereocenters. The maximum atomic E-state index is 12.7. The molecule has 0 amide bonds. The van der Waals surface area contributed by atoms with Crippen molar-refractivity contribution in [2.45, 2.75) is 0 Å². The highest BCUT2D eigenvalue weighted by Crippen LogP contribution is 2.24. The van der Waals surface area contributed by atoms with Gasteiger partial charge >= 0.3 is 0 Å². The van der Waals surface area contributed by atoms with Crippen molar-refractivity contribution in [3.8, 4) is 5.69 Å². The summed E-state index contributed by atoms with van der Waals surface area (Å²) in [6.45, 7) is 0. The summed E-state index contributed by atoms with van der Waals surface area (Å²) in [5.41, 5.74) is 7.56. The molecule has 0 spiro atoms. The zero-order chi connectivity index (χ0) is 14.8. The van der Waals surface area contributed by atoms with Crippen molar-refractivity contribution in [3.63, 3.8) is 0 Å². The lowest BCUT2D eigenvalue weighted by atomic mass is 10.0.